The Balaban J connectivity index is 2.26. The monoisotopic (exact) mass is 309 g/mol. The van der Waals surface area contributed by atoms with Crippen molar-refractivity contribution in [1.29, 1.82) is 0 Å². The second-order valence-corrected chi connectivity index (χ2v) is 4.58. The number of carbonyl (C=O) groups excluding carboxylic acids is 1. The molecular weight excluding hydrogens is 301 g/mol. The Morgan fingerprint density at radius 1 is 1.24 bits per heavy atom. The first kappa shape index (κ1) is 14.9. The standard InChI is InChI=1S/C14H9ClFNO4/c1-8(18)11-4-2-9(6-12(11)15)21-10-3-5-14(17(19)20)13(16)7-10/h2-7H,1H3. The van der Waals surface area contributed by atoms with Crippen LogP contribution in [-0.4, -0.2) is 10.7 Å². The molecule has 2 aromatic carbocycles. The number of halogens is 2. The molecule has 0 heterocycles. The van der Waals surface area contributed by atoms with E-state index in [4.69, 9.17) is 16.3 Å². The quantitative estimate of drug-likeness (QED) is 0.477. The van der Waals surface area contributed by atoms with Crippen molar-refractivity contribution in [3.8, 4) is 11.5 Å². The van der Waals surface area contributed by atoms with Crippen LogP contribution in [0, 0.1) is 15.9 Å². The average molecular weight is 310 g/mol. The van der Waals surface area contributed by atoms with Crippen LogP contribution in [0.3, 0.4) is 0 Å². The van der Waals surface area contributed by atoms with E-state index in [1.807, 2.05) is 0 Å². The minimum atomic E-state index is -0.996. The molecule has 0 aliphatic carbocycles. The molecule has 2 rings (SSSR count). The summed E-state index contributed by atoms with van der Waals surface area (Å²) in [7, 11) is 0. The Morgan fingerprint density at radius 2 is 1.86 bits per heavy atom. The Kier molecular flexibility index (Phi) is 4.18. The van der Waals surface area contributed by atoms with E-state index in [1.165, 1.54) is 31.2 Å². The molecule has 0 radical (unpaired) electrons. The van der Waals surface area contributed by atoms with Gasteiger partial charge in [-0.1, -0.05) is 11.6 Å². The fourth-order valence-electron chi connectivity index (χ4n) is 1.68. The highest BCUT2D eigenvalue weighted by molar-refractivity contribution is 6.34. The maximum absolute atomic E-state index is 13.5. The summed E-state index contributed by atoms with van der Waals surface area (Å²) in [6, 6.07) is 7.59. The molecule has 0 aliphatic heterocycles. The highest BCUT2D eigenvalue weighted by Gasteiger charge is 2.15. The molecule has 0 unspecified atom stereocenters. The summed E-state index contributed by atoms with van der Waals surface area (Å²) in [5.41, 5.74) is -0.286. The van der Waals surface area contributed by atoms with Crippen LogP contribution >= 0.6 is 11.6 Å². The summed E-state index contributed by atoms with van der Waals surface area (Å²) in [5, 5.41) is 10.7. The van der Waals surface area contributed by atoms with E-state index < -0.39 is 16.4 Å². The molecule has 21 heavy (non-hydrogen) atoms. The number of hydrogen-bond acceptors (Lipinski definition) is 4. The van der Waals surface area contributed by atoms with E-state index in [0.29, 0.717) is 11.3 Å². The van der Waals surface area contributed by atoms with Crippen molar-refractivity contribution in [2.24, 2.45) is 0 Å². The second kappa shape index (κ2) is 5.88. The third kappa shape index (κ3) is 3.35. The number of carbonyl (C=O) groups is 1. The Labute approximate surface area is 124 Å². The average Bonchev–Trinajstić information content (AvgIpc) is 2.37. The van der Waals surface area contributed by atoms with E-state index in [2.05, 4.69) is 0 Å². The van der Waals surface area contributed by atoms with Crippen molar-refractivity contribution in [2.75, 3.05) is 0 Å². The van der Waals surface area contributed by atoms with Crippen LogP contribution in [0.2, 0.25) is 5.02 Å². The van der Waals surface area contributed by atoms with Crippen molar-refractivity contribution < 1.29 is 18.8 Å². The van der Waals surface area contributed by atoms with Gasteiger partial charge in [0.1, 0.15) is 11.5 Å². The number of ether oxygens (including phenoxy) is 1. The molecule has 0 aliphatic rings. The topological polar surface area (TPSA) is 69.4 Å². The van der Waals surface area contributed by atoms with Gasteiger partial charge in [0, 0.05) is 23.8 Å². The van der Waals surface area contributed by atoms with Crippen molar-refractivity contribution in [3.63, 3.8) is 0 Å². The first-order valence-corrected chi connectivity index (χ1v) is 6.18. The molecule has 7 heteroatoms. The number of Topliss-reactive ketones (excluding diaryl/α,β-unsaturated/α-hetero) is 1. The Morgan fingerprint density at radius 3 is 2.38 bits per heavy atom. The lowest BCUT2D eigenvalue weighted by Gasteiger charge is -2.07. The molecule has 0 aromatic heterocycles. The lowest BCUT2D eigenvalue weighted by atomic mass is 10.1. The van der Waals surface area contributed by atoms with E-state index in [-0.39, 0.29) is 16.6 Å². The predicted molar refractivity (Wildman–Crippen MR) is 74.6 cm³/mol. The molecular formula is C14H9ClFNO4. The van der Waals surface area contributed by atoms with Gasteiger partial charge in [0.25, 0.3) is 0 Å². The van der Waals surface area contributed by atoms with Crippen LogP contribution < -0.4 is 4.74 Å². The largest absolute Gasteiger partial charge is 0.457 e. The lowest BCUT2D eigenvalue weighted by Crippen LogP contribution is -1.95. The lowest BCUT2D eigenvalue weighted by molar-refractivity contribution is -0.387. The first-order chi connectivity index (χ1) is 9.88. The van der Waals surface area contributed by atoms with Crippen LogP contribution in [0.5, 0.6) is 11.5 Å². The fourth-order valence-corrected chi connectivity index (χ4v) is 1.98. The van der Waals surface area contributed by atoms with Gasteiger partial charge in [-0.05, 0) is 25.1 Å². The predicted octanol–water partition coefficient (Wildman–Crippen LogP) is 4.38. The minimum Gasteiger partial charge on any atom is -0.457 e. The summed E-state index contributed by atoms with van der Waals surface area (Å²) < 4.78 is 18.8. The van der Waals surface area contributed by atoms with Crippen molar-refractivity contribution in [3.05, 3.63) is 62.9 Å². The van der Waals surface area contributed by atoms with Crippen LogP contribution in [0.4, 0.5) is 10.1 Å². The molecule has 108 valence electrons. The zero-order chi connectivity index (χ0) is 15.6. The SMILES string of the molecule is CC(=O)c1ccc(Oc2ccc([N+](=O)[O-])c(F)c2)cc1Cl. The third-order valence-electron chi connectivity index (χ3n) is 2.67. The summed E-state index contributed by atoms with van der Waals surface area (Å²) in [6.07, 6.45) is 0. The van der Waals surface area contributed by atoms with E-state index in [0.717, 1.165) is 12.1 Å². The van der Waals surface area contributed by atoms with Gasteiger partial charge in [-0.15, -0.1) is 0 Å². The molecule has 0 saturated heterocycles. The number of ketones is 1. The van der Waals surface area contributed by atoms with Crippen molar-refractivity contribution in [2.45, 2.75) is 6.92 Å². The number of nitro benzene ring substituents is 1. The number of nitrogens with zero attached hydrogens (tertiary/aromatic N) is 1. The highest BCUT2D eigenvalue weighted by Crippen LogP contribution is 2.29. The summed E-state index contributed by atoms with van der Waals surface area (Å²) in [4.78, 5) is 20.9. The first-order valence-electron chi connectivity index (χ1n) is 5.81. The van der Waals surface area contributed by atoms with Crippen LogP contribution in [0.15, 0.2) is 36.4 Å². The third-order valence-corrected chi connectivity index (χ3v) is 2.98. The molecule has 2 aromatic rings. The summed E-state index contributed by atoms with van der Waals surface area (Å²) >= 11 is 5.92. The summed E-state index contributed by atoms with van der Waals surface area (Å²) in [5.74, 6) is -0.806. The van der Waals surface area contributed by atoms with Crippen LogP contribution in [0.1, 0.15) is 17.3 Å². The molecule has 0 saturated carbocycles. The molecule has 0 fully saturated rings. The fraction of sp³-hybridized carbons (Fsp3) is 0.0714. The molecule has 0 spiro atoms. The highest BCUT2D eigenvalue weighted by atomic mass is 35.5. The van der Waals surface area contributed by atoms with Gasteiger partial charge in [0.05, 0.1) is 9.95 Å². The van der Waals surface area contributed by atoms with E-state index in [1.54, 1.807) is 0 Å². The van der Waals surface area contributed by atoms with Crippen molar-refractivity contribution in [1.82, 2.24) is 0 Å². The van der Waals surface area contributed by atoms with Crippen LogP contribution in [-0.2, 0) is 0 Å². The molecule has 0 atom stereocenters. The van der Waals surface area contributed by atoms with Gasteiger partial charge >= 0.3 is 5.69 Å². The Hall–Kier alpha value is -2.47. The van der Waals surface area contributed by atoms with E-state index in [9.17, 15) is 19.3 Å². The number of rotatable bonds is 4. The maximum Gasteiger partial charge on any atom is 0.305 e. The van der Waals surface area contributed by atoms with Gasteiger partial charge in [-0.3, -0.25) is 14.9 Å². The zero-order valence-corrected chi connectivity index (χ0v) is 11.6. The number of benzene rings is 2. The molecule has 0 amide bonds. The van der Waals surface area contributed by atoms with E-state index >= 15 is 0 Å². The second-order valence-electron chi connectivity index (χ2n) is 4.17. The van der Waals surface area contributed by atoms with Gasteiger partial charge in [-0.25, -0.2) is 0 Å². The van der Waals surface area contributed by atoms with Crippen molar-refractivity contribution >= 4 is 23.1 Å². The maximum atomic E-state index is 13.5. The van der Waals surface area contributed by atoms with Gasteiger partial charge in [0.15, 0.2) is 5.78 Å². The number of hydrogen-bond donors (Lipinski definition) is 0. The van der Waals surface area contributed by atoms with Gasteiger partial charge in [-0.2, -0.15) is 4.39 Å². The molecule has 0 bridgehead atoms. The van der Waals surface area contributed by atoms with Crippen LogP contribution in [0.25, 0.3) is 0 Å². The normalized spacial score (nSPS) is 10.2. The molecule has 0 N–H and O–H groups in total. The van der Waals surface area contributed by atoms with Gasteiger partial charge < -0.3 is 4.74 Å². The number of nitro groups is 1. The Bertz CT molecular complexity index is 671. The zero-order valence-electron chi connectivity index (χ0n) is 10.8. The minimum absolute atomic E-state index is 0.0877. The van der Waals surface area contributed by atoms with Gasteiger partial charge in [0.2, 0.25) is 5.82 Å². The smallest absolute Gasteiger partial charge is 0.305 e. The molecule has 5 nitrogen and oxygen atoms in total. The summed E-state index contributed by atoms with van der Waals surface area (Å²) in [6.45, 7) is 1.38.